The van der Waals surface area contributed by atoms with E-state index in [-0.39, 0.29) is 5.69 Å². The van der Waals surface area contributed by atoms with Gasteiger partial charge in [-0.15, -0.1) is 4.91 Å². The summed E-state index contributed by atoms with van der Waals surface area (Å²) in [5.41, 5.74) is 1.93. The van der Waals surface area contributed by atoms with Gasteiger partial charge in [-0.25, -0.2) is 0 Å². The fraction of sp³-hybridized carbons (Fsp3) is 0.222. The number of ether oxygens (including phenoxy) is 4. The Morgan fingerprint density at radius 1 is 0.750 bits per heavy atom. The second-order valence-corrected chi connectivity index (χ2v) is 4.81. The maximum absolute atomic E-state index is 10.8. The quantitative estimate of drug-likeness (QED) is 0.560. The van der Waals surface area contributed by atoms with E-state index < -0.39 is 0 Å². The van der Waals surface area contributed by atoms with Crippen molar-refractivity contribution in [2.45, 2.75) is 0 Å². The van der Waals surface area contributed by atoms with Crippen molar-refractivity contribution in [3.8, 4) is 23.0 Å². The Morgan fingerprint density at radius 3 is 1.83 bits per heavy atom. The molecule has 0 amide bonds. The monoisotopic (exact) mass is 329 g/mol. The molecule has 0 aliphatic heterocycles. The summed E-state index contributed by atoms with van der Waals surface area (Å²) in [6, 6.07) is 8.86. The normalized spacial score (nSPS) is 10.5. The van der Waals surface area contributed by atoms with Crippen LogP contribution in [-0.4, -0.2) is 28.4 Å². The van der Waals surface area contributed by atoms with E-state index in [0.29, 0.717) is 23.0 Å². The minimum atomic E-state index is 0.254. The van der Waals surface area contributed by atoms with Crippen molar-refractivity contribution < 1.29 is 18.9 Å². The SMILES string of the molecule is COc1ccc(C=Cc2cc(OC)c(OC)c(OC)c2)cc1N=O. The van der Waals surface area contributed by atoms with Gasteiger partial charge in [0.15, 0.2) is 11.5 Å². The zero-order valence-corrected chi connectivity index (χ0v) is 14.0. The summed E-state index contributed by atoms with van der Waals surface area (Å²) in [7, 11) is 6.18. The van der Waals surface area contributed by atoms with E-state index in [9.17, 15) is 4.91 Å². The molecule has 24 heavy (non-hydrogen) atoms. The Hall–Kier alpha value is -3.02. The summed E-state index contributed by atoms with van der Waals surface area (Å²) in [4.78, 5) is 10.8. The standard InChI is InChI=1S/C18H19NO5/c1-21-15-8-7-12(9-14(15)19-20)5-6-13-10-16(22-2)18(24-4)17(11-13)23-3/h5-11H,1-4H3. The van der Waals surface area contributed by atoms with Crippen LogP contribution in [0.3, 0.4) is 0 Å². The summed E-state index contributed by atoms with van der Waals surface area (Å²) in [6.45, 7) is 0. The fourth-order valence-corrected chi connectivity index (χ4v) is 2.27. The number of hydrogen-bond donors (Lipinski definition) is 0. The van der Waals surface area contributed by atoms with Gasteiger partial charge in [-0.2, -0.15) is 0 Å². The molecule has 2 aromatic carbocycles. The van der Waals surface area contributed by atoms with Crippen LogP contribution in [0, 0.1) is 4.91 Å². The summed E-state index contributed by atoms with van der Waals surface area (Å²) in [5, 5.41) is 2.97. The highest BCUT2D eigenvalue weighted by atomic mass is 16.5. The average Bonchev–Trinajstić information content (AvgIpc) is 2.64. The van der Waals surface area contributed by atoms with Gasteiger partial charge in [0.05, 0.1) is 28.4 Å². The topological polar surface area (TPSA) is 66.3 Å². The molecule has 0 unspecified atom stereocenters. The Balaban J connectivity index is 2.37. The van der Waals surface area contributed by atoms with E-state index in [1.807, 2.05) is 30.4 Å². The molecule has 6 heteroatoms. The van der Waals surface area contributed by atoms with E-state index in [2.05, 4.69) is 5.18 Å². The van der Waals surface area contributed by atoms with Crippen molar-refractivity contribution in [2.24, 2.45) is 5.18 Å². The van der Waals surface area contributed by atoms with Crippen LogP contribution in [0.1, 0.15) is 11.1 Å². The number of nitrogens with zero attached hydrogens (tertiary/aromatic N) is 1. The number of hydrogen-bond acceptors (Lipinski definition) is 6. The van der Waals surface area contributed by atoms with Gasteiger partial charge in [-0.05, 0) is 40.6 Å². The van der Waals surface area contributed by atoms with E-state index in [0.717, 1.165) is 11.1 Å². The summed E-state index contributed by atoms with van der Waals surface area (Å²) in [6.07, 6.45) is 3.73. The first-order valence-electron chi connectivity index (χ1n) is 7.16. The molecule has 2 rings (SSSR count). The summed E-state index contributed by atoms with van der Waals surface area (Å²) in [5.74, 6) is 2.12. The highest BCUT2D eigenvalue weighted by Gasteiger charge is 2.12. The first kappa shape index (κ1) is 17.3. The number of benzene rings is 2. The molecule has 6 nitrogen and oxygen atoms in total. The number of rotatable bonds is 7. The Kier molecular flexibility index (Phi) is 5.78. The maximum atomic E-state index is 10.8. The van der Waals surface area contributed by atoms with Crippen molar-refractivity contribution in [3.63, 3.8) is 0 Å². The largest absolute Gasteiger partial charge is 0.494 e. The highest BCUT2D eigenvalue weighted by molar-refractivity contribution is 5.74. The number of nitroso groups, excluding NO2 is 1. The molecule has 0 aromatic heterocycles. The smallest absolute Gasteiger partial charge is 0.203 e. The van der Waals surface area contributed by atoms with Crippen molar-refractivity contribution in [3.05, 3.63) is 46.4 Å². The Labute approximate surface area is 140 Å². The summed E-state index contributed by atoms with van der Waals surface area (Å²) < 4.78 is 21.0. The maximum Gasteiger partial charge on any atom is 0.203 e. The second kappa shape index (κ2) is 8.01. The van der Waals surface area contributed by atoms with Gasteiger partial charge in [0.2, 0.25) is 5.75 Å². The van der Waals surface area contributed by atoms with Crippen LogP contribution in [0.4, 0.5) is 5.69 Å². The van der Waals surface area contributed by atoms with Gasteiger partial charge >= 0.3 is 0 Å². The molecule has 0 atom stereocenters. The van der Waals surface area contributed by atoms with Gasteiger partial charge in [-0.3, -0.25) is 0 Å². The molecule has 0 radical (unpaired) electrons. The van der Waals surface area contributed by atoms with E-state index >= 15 is 0 Å². The minimum Gasteiger partial charge on any atom is -0.494 e. The highest BCUT2D eigenvalue weighted by Crippen LogP contribution is 2.38. The van der Waals surface area contributed by atoms with Gasteiger partial charge in [-0.1, -0.05) is 18.2 Å². The molecule has 0 spiro atoms. The third kappa shape index (κ3) is 3.65. The van der Waals surface area contributed by atoms with E-state index in [1.165, 1.54) is 7.11 Å². The number of methoxy groups -OCH3 is 4. The van der Waals surface area contributed by atoms with E-state index in [4.69, 9.17) is 18.9 Å². The predicted molar refractivity (Wildman–Crippen MR) is 93.5 cm³/mol. The van der Waals surface area contributed by atoms with Gasteiger partial charge in [0.1, 0.15) is 11.4 Å². The molecule has 0 saturated heterocycles. The third-order valence-electron chi connectivity index (χ3n) is 3.46. The molecule has 2 aromatic rings. The van der Waals surface area contributed by atoms with Crippen molar-refractivity contribution >= 4 is 17.8 Å². The molecule has 0 heterocycles. The van der Waals surface area contributed by atoms with Crippen LogP contribution < -0.4 is 18.9 Å². The lowest BCUT2D eigenvalue weighted by Gasteiger charge is -2.12. The van der Waals surface area contributed by atoms with Crippen LogP contribution in [0.15, 0.2) is 35.5 Å². The first-order chi connectivity index (χ1) is 11.7. The molecule has 126 valence electrons. The molecular weight excluding hydrogens is 310 g/mol. The molecule has 0 fully saturated rings. The van der Waals surface area contributed by atoms with Crippen LogP contribution >= 0.6 is 0 Å². The third-order valence-corrected chi connectivity index (χ3v) is 3.46. The molecular formula is C18H19NO5. The Bertz CT molecular complexity index is 730. The lowest BCUT2D eigenvalue weighted by Crippen LogP contribution is -1.95. The van der Waals surface area contributed by atoms with Gasteiger partial charge in [0.25, 0.3) is 0 Å². The first-order valence-corrected chi connectivity index (χ1v) is 7.16. The predicted octanol–water partition coefficient (Wildman–Crippen LogP) is 4.29. The minimum absolute atomic E-state index is 0.254. The van der Waals surface area contributed by atoms with Crippen LogP contribution in [0.5, 0.6) is 23.0 Å². The Morgan fingerprint density at radius 2 is 1.33 bits per heavy atom. The fourth-order valence-electron chi connectivity index (χ4n) is 2.27. The van der Waals surface area contributed by atoms with Crippen LogP contribution in [0.25, 0.3) is 12.2 Å². The molecule has 0 N–H and O–H groups in total. The average molecular weight is 329 g/mol. The zero-order valence-electron chi connectivity index (χ0n) is 14.0. The summed E-state index contributed by atoms with van der Waals surface area (Å²) >= 11 is 0. The lowest BCUT2D eigenvalue weighted by atomic mass is 10.1. The van der Waals surface area contributed by atoms with Gasteiger partial charge in [0, 0.05) is 0 Å². The molecule has 0 saturated carbocycles. The van der Waals surface area contributed by atoms with Crippen molar-refractivity contribution in [1.29, 1.82) is 0 Å². The van der Waals surface area contributed by atoms with Crippen molar-refractivity contribution in [2.75, 3.05) is 28.4 Å². The molecule has 0 aliphatic carbocycles. The zero-order chi connectivity index (χ0) is 17.5. The molecule has 0 aliphatic rings. The van der Waals surface area contributed by atoms with Crippen molar-refractivity contribution in [1.82, 2.24) is 0 Å². The van der Waals surface area contributed by atoms with E-state index in [1.54, 1.807) is 33.5 Å². The second-order valence-electron chi connectivity index (χ2n) is 4.81. The lowest BCUT2D eigenvalue weighted by molar-refractivity contribution is 0.324. The van der Waals surface area contributed by atoms with Crippen LogP contribution in [-0.2, 0) is 0 Å². The van der Waals surface area contributed by atoms with Crippen LogP contribution in [0.2, 0.25) is 0 Å². The van der Waals surface area contributed by atoms with Gasteiger partial charge < -0.3 is 18.9 Å². The molecule has 0 bridgehead atoms.